The normalized spacial score (nSPS) is 12.8. The average molecular weight is 341 g/mol. The Morgan fingerprint density at radius 3 is 2.50 bits per heavy atom. The number of thiophene rings is 1. The minimum absolute atomic E-state index is 0.0431. The van der Waals surface area contributed by atoms with Crippen LogP contribution < -0.4 is 5.32 Å². The Morgan fingerprint density at radius 1 is 1.27 bits per heavy atom. The lowest BCUT2D eigenvalue weighted by Crippen LogP contribution is -2.31. The summed E-state index contributed by atoms with van der Waals surface area (Å²) in [5, 5.41) is 3.34. The van der Waals surface area contributed by atoms with Gasteiger partial charge in [-0.2, -0.15) is 0 Å². The van der Waals surface area contributed by atoms with Crippen molar-refractivity contribution in [3.8, 4) is 0 Å². The highest BCUT2D eigenvalue weighted by Crippen LogP contribution is 2.31. The standard InChI is InChI=1S/C15H16FNO3S2/c1-2-14(18)17-10-13(11-5-7-12(16)8-6-11)22(19,20)15-4-3-9-21-15/h3-9,13H,2,10H2,1H3,(H,17,18)/t13-/m1/s1. The molecule has 1 N–H and O–H groups in total. The minimum Gasteiger partial charge on any atom is -0.354 e. The largest absolute Gasteiger partial charge is 0.354 e. The van der Waals surface area contributed by atoms with Crippen molar-refractivity contribution in [1.82, 2.24) is 5.32 Å². The van der Waals surface area contributed by atoms with E-state index in [0.717, 1.165) is 11.3 Å². The molecule has 1 aromatic heterocycles. The highest BCUT2D eigenvalue weighted by atomic mass is 32.2. The molecule has 1 aromatic carbocycles. The van der Waals surface area contributed by atoms with Crippen LogP contribution >= 0.6 is 11.3 Å². The van der Waals surface area contributed by atoms with Gasteiger partial charge in [-0.25, -0.2) is 12.8 Å². The molecule has 0 aliphatic carbocycles. The summed E-state index contributed by atoms with van der Waals surface area (Å²) in [6.45, 7) is 1.65. The van der Waals surface area contributed by atoms with Crippen molar-refractivity contribution in [2.45, 2.75) is 22.8 Å². The summed E-state index contributed by atoms with van der Waals surface area (Å²) < 4.78 is 38.8. The third kappa shape index (κ3) is 3.72. The third-order valence-electron chi connectivity index (χ3n) is 3.20. The van der Waals surface area contributed by atoms with Crippen molar-refractivity contribution in [2.24, 2.45) is 0 Å². The first-order valence-electron chi connectivity index (χ1n) is 6.74. The van der Waals surface area contributed by atoms with Crippen molar-refractivity contribution in [2.75, 3.05) is 6.54 Å². The molecule has 22 heavy (non-hydrogen) atoms. The maximum Gasteiger partial charge on any atom is 0.219 e. The summed E-state index contributed by atoms with van der Waals surface area (Å²) in [5.41, 5.74) is 0.450. The second-order valence-electron chi connectivity index (χ2n) is 4.67. The van der Waals surface area contributed by atoms with Gasteiger partial charge >= 0.3 is 0 Å². The molecule has 7 heteroatoms. The van der Waals surface area contributed by atoms with Crippen molar-refractivity contribution < 1.29 is 17.6 Å². The number of carbonyl (C=O) groups excluding carboxylic acids is 1. The fourth-order valence-corrected chi connectivity index (χ4v) is 4.85. The molecule has 0 bridgehead atoms. The van der Waals surface area contributed by atoms with E-state index in [1.54, 1.807) is 18.4 Å². The van der Waals surface area contributed by atoms with E-state index in [4.69, 9.17) is 0 Å². The molecule has 2 aromatic rings. The molecular formula is C15H16FNO3S2. The topological polar surface area (TPSA) is 63.2 Å². The molecule has 0 saturated heterocycles. The van der Waals surface area contributed by atoms with E-state index in [1.807, 2.05) is 0 Å². The predicted octanol–water partition coefficient (Wildman–Crippen LogP) is 2.93. The van der Waals surface area contributed by atoms with Crippen LogP contribution in [0.15, 0.2) is 46.0 Å². The summed E-state index contributed by atoms with van der Waals surface area (Å²) in [5.74, 6) is -0.665. The molecule has 0 aliphatic rings. The van der Waals surface area contributed by atoms with Crippen LogP contribution in [-0.2, 0) is 14.6 Å². The quantitative estimate of drug-likeness (QED) is 0.879. The predicted molar refractivity (Wildman–Crippen MR) is 83.9 cm³/mol. The zero-order chi connectivity index (χ0) is 16.2. The van der Waals surface area contributed by atoms with Gasteiger partial charge in [0.1, 0.15) is 15.3 Å². The second-order valence-corrected chi connectivity index (χ2v) is 7.98. The van der Waals surface area contributed by atoms with Gasteiger partial charge in [-0.15, -0.1) is 11.3 Å². The molecule has 0 saturated carbocycles. The first-order chi connectivity index (χ1) is 10.4. The number of hydrogen-bond acceptors (Lipinski definition) is 4. The summed E-state index contributed by atoms with van der Waals surface area (Å²) in [6.07, 6.45) is 0.273. The van der Waals surface area contributed by atoms with E-state index in [0.29, 0.717) is 5.56 Å². The molecule has 2 rings (SSSR count). The second kappa shape index (κ2) is 7.02. The van der Waals surface area contributed by atoms with Gasteiger partial charge in [0.25, 0.3) is 0 Å². The lowest BCUT2D eigenvalue weighted by atomic mass is 10.1. The summed E-state index contributed by atoms with van der Waals surface area (Å²) in [4.78, 5) is 11.5. The maximum absolute atomic E-state index is 13.1. The van der Waals surface area contributed by atoms with Gasteiger partial charge in [0.05, 0.1) is 0 Å². The van der Waals surface area contributed by atoms with Crippen LogP contribution in [0.25, 0.3) is 0 Å². The number of benzene rings is 1. The van der Waals surface area contributed by atoms with Crippen molar-refractivity contribution >= 4 is 27.1 Å². The van der Waals surface area contributed by atoms with Gasteiger partial charge in [-0.05, 0) is 29.1 Å². The third-order valence-corrected chi connectivity index (χ3v) is 6.73. The molecule has 0 unspecified atom stereocenters. The first-order valence-corrected chi connectivity index (χ1v) is 9.17. The molecule has 0 spiro atoms. The molecule has 0 fully saturated rings. The minimum atomic E-state index is -3.65. The average Bonchev–Trinajstić information content (AvgIpc) is 3.04. The molecule has 0 radical (unpaired) electrons. The lowest BCUT2D eigenvalue weighted by molar-refractivity contribution is -0.120. The number of rotatable bonds is 6. The number of sulfone groups is 1. The Balaban J connectivity index is 2.37. The molecule has 1 atom stereocenters. The van der Waals surface area contributed by atoms with Crippen LogP contribution in [0.4, 0.5) is 4.39 Å². The lowest BCUT2D eigenvalue weighted by Gasteiger charge is -2.18. The Hall–Kier alpha value is -1.73. The van der Waals surface area contributed by atoms with Gasteiger partial charge in [-0.3, -0.25) is 4.79 Å². The van der Waals surface area contributed by atoms with Crippen LogP contribution in [0.5, 0.6) is 0 Å². The van der Waals surface area contributed by atoms with E-state index in [-0.39, 0.29) is 23.1 Å². The van der Waals surface area contributed by atoms with Crippen molar-refractivity contribution in [3.63, 3.8) is 0 Å². The SMILES string of the molecule is CCC(=O)NC[C@H](c1ccc(F)cc1)S(=O)(=O)c1cccs1. The Bertz CT molecular complexity index is 725. The number of hydrogen-bond donors (Lipinski definition) is 1. The monoisotopic (exact) mass is 341 g/mol. The van der Waals surface area contributed by atoms with E-state index < -0.39 is 20.9 Å². The first kappa shape index (κ1) is 16.6. The van der Waals surface area contributed by atoms with Crippen LogP contribution in [0, 0.1) is 5.82 Å². The maximum atomic E-state index is 13.1. The Labute approximate surface area is 132 Å². The number of halogens is 1. The summed E-state index contributed by atoms with van der Waals surface area (Å²) in [6, 6.07) is 8.48. The molecule has 4 nitrogen and oxygen atoms in total. The molecule has 1 amide bonds. The molecule has 118 valence electrons. The van der Waals surface area contributed by atoms with Gasteiger partial charge in [0, 0.05) is 13.0 Å². The van der Waals surface area contributed by atoms with Crippen molar-refractivity contribution in [3.05, 3.63) is 53.2 Å². The van der Waals surface area contributed by atoms with Gasteiger partial charge in [-0.1, -0.05) is 25.1 Å². The molecule has 0 aliphatic heterocycles. The van der Waals surface area contributed by atoms with Crippen LogP contribution in [-0.4, -0.2) is 20.9 Å². The fraction of sp³-hybridized carbons (Fsp3) is 0.267. The summed E-state index contributed by atoms with van der Waals surface area (Å²) in [7, 11) is -3.65. The van der Waals surface area contributed by atoms with Gasteiger partial charge < -0.3 is 5.32 Å². The summed E-state index contributed by atoms with van der Waals surface area (Å²) >= 11 is 1.12. The van der Waals surface area contributed by atoms with Crippen LogP contribution in [0.3, 0.4) is 0 Å². The van der Waals surface area contributed by atoms with E-state index in [9.17, 15) is 17.6 Å². The van der Waals surface area contributed by atoms with Gasteiger partial charge in [0.2, 0.25) is 5.91 Å². The highest BCUT2D eigenvalue weighted by molar-refractivity contribution is 7.93. The van der Waals surface area contributed by atoms with E-state index in [1.165, 1.54) is 30.3 Å². The molecule has 1 heterocycles. The van der Waals surface area contributed by atoms with Crippen molar-refractivity contribution in [1.29, 1.82) is 0 Å². The zero-order valence-corrected chi connectivity index (χ0v) is 13.6. The van der Waals surface area contributed by atoms with Crippen LogP contribution in [0.1, 0.15) is 24.2 Å². The smallest absolute Gasteiger partial charge is 0.219 e. The number of carbonyl (C=O) groups is 1. The van der Waals surface area contributed by atoms with E-state index in [2.05, 4.69) is 5.32 Å². The zero-order valence-electron chi connectivity index (χ0n) is 12.0. The van der Waals surface area contributed by atoms with Gasteiger partial charge in [0.15, 0.2) is 9.84 Å². The Morgan fingerprint density at radius 2 is 1.95 bits per heavy atom. The Kier molecular flexibility index (Phi) is 5.31. The fourth-order valence-electron chi connectivity index (χ4n) is 1.98. The number of amides is 1. The highest BCUT2D eigenvalue weighted by Gasteiger charge is 2.30. The van der Waals surface area contributed by atoms with E-state index >= 15 is 0 Å². The number of nitrogens with one attached hydrogen (secondary N) is 1. The molecular weight excluding hydrogens is 325 g/mol. The van der Waals surface area contributed by atoms with Crippen LogP contribution in [0.2, 0.25) is 0 Å².